The van der Waals surface area contributed by atoms with Crippen LogP contribution in [0.5, 0.6) is 0 Å². The summed E-state index contributed by atoms with van der Waals surface area (Å²) in [7, 11) is -3.39. The summed E-state index contributed by atoms with van der Waals surface area (Å²) in [5.41, 5.74) is 0.723. The first-order valence-electron chi connectivity index (χ1n) is 7.36. The Morgan fingerprint density at radius 1 is 1.15 bits per heavy atom. The topological polar surface area (TPSA) is 37.4 Å². The summed E-state index contributed by atoms with van der Waals surface area (Å²) in [6, 6.07) is 7.51. The molecule has 1 saturated heterocycles. The number of piperidine rings is 1. The van der Waals surface area contributed by atoms with Gasteiger partial charge in [0.05, 0.1) is 4.90 Å². The van der Waals surface area contributed by atoms with Gasteiger partial charge < -0.3 is 0 Å². The van der Waals surface area contributed by atoms with Crippen LogP contribution in [-0.2, 0) is 15.4 Å². The second-order valence-electron chi connectivity index (χ2n) is 6.71. The summed E-state index contributed by atoms with van der Waals surface area (Å²) >= 11 is 0. The highest BCUT2D eigenvalue weighted by molar-refractivity contribution is 7.89. The minimum atomic E-state index is -3.39. The second-order valence-corrected chi connectivity index (χ2v) is 8.57. The Kier molecular flexibility index (Phi) is 4.26. The highest BCUT2D eigenvalue weighted by Crippen LogP contribution is 2.32. The molecule has 0 bridgehead atoms. The summed E-state index contributed by atoms with van der Waals surface area (Å²) in [6.45, 7) is 8.82. The van der Waals surface area contributed by atoms with Crippen molar-refractivity contribution >= 4 is 10.0 Å². The van der Waals surface area contributed by atoms with E-state index in [4.69, 9.17) is 0 Å². The molecule has 0 N–H and O–H groups in total. The Balaban J connectivity index is 2.50. The zero-order valence-electron chi connectivity index (χ0n) is 12.9. The Bertz CT molecular complexity index is 572. The van der Waals surface area contributed by atoms with Crippen molar-refractivity contribution in [2.24, 2.45) is 0 Å². The molecular formula is C16H25NO2S. The summed E-state index contributed by atoms with van der Waals surface area (Å²) in [6.07, 6.45) is 3.03. The molecule has 0 radical (unpaired) electrons. The molecule has 2 rings (SSSR count). The van der Waals surface area contributed by atoms with Crippen molar-refractivity contribution in [2.75, 3.05) is 6.54 Å². The third kappa shape index (κ3) is 2.91. The van der Waals surface area contributed by atoms with Crippen LogP contribution in [0.15, 0.2) is 29.2 Å². The molecule has 1 fully saturated rings. The van der Waals surface area contributed by atoms with Crippen LogP contribution in [0.1, 0.15) is 52.5 Å². The van der Waals surface area contributed by atoms with E-state index in [0.717, 1.165) is 24.8 Å². The summed E-state index contributed by atoms with van der Waals surface area (Å²) in [5, 5.41) is 0. The molecule has 3 nitrogen and oxygen atoms in total. The van der Waals surface area contributed by atoms with Crippen molar-refractivity contribution in [3.63, 3.8) is 0 Å². The quantitative estimate of drug-likeness (QED) is 0.837. The van der Waals surface area contributed by atoms with Crippen molar-refractivity contribution in [2.45, 2.75) is 63.3 Å². The molecule has 1 aromatic rings. The van der Waals surface area contributed by atoms with Gasteiger partial charge in [0.1, 0.15) is 0 Å². The fourth-order valence-corrected chi connectivity index (χ4v) is 4.97. The van der Waals surface area contributed by atoms with Crippen LogP contribution >= 0.6 is 0 Å². The first-order chi connectivity index (χ1) is 9.24. The van der Waals surface area contributed by atoms with Crippen LogP contribution < -0.4 is 0 Å². The van der Waals surface area contributed by atoms with E-state index in [2.05, 4.69) is 20.8 Å². The molecule has 0 saturated carbocycles. The monoisotopic (exact) mass is 295 g/mol. The molecule has 4 heteroatoms. The van der Waals surface area contributed by atoms with Crippen LogP contribution in [0.4, 0.5) is 0 Å². The Hall–Kier alpha value is -0.870. The van der Waals surface area contributed by atoms with E-state index in [-0.39, 0.29) is 11.5 Å². The van der Waals surface area contributed by atoms with Crippen LogP contribution in [0.3, 0.4) is 0 Å². The van der Waals surface area contributed by atoms with Gasteiger partial charge in [0.2, 0.25) is 10.0 Å². The molecule has 1 aromatic carbocycles. The lowest BCUT2D eigenvalue weighted by Crippen LogP contribution is -2.42. The minimum absolute atomic E-state index is 0.0989. The van der Waals surface area contributed by atoms with Crippen LogP contribution in [0.25, 0.3) is 0 Å². The minimum Gasteiger partial charge on any atom is -0.207 e. The highest BCUT2D eigenvalue weighted by atomic mass is 32.2. The molecule has 112 valence electrons. The lowest BCUT2D eigenvalue weighted by Gasteiger charge is -2.34. The zero-order valence-corrected chi connectivity index (χ0v) is 13.7. The van der Waals surface area contributed by atoms with Crippen molar-refractivity contribution in [3.05, 3.63) is 29.8 Å². The largest absolute Gasteiger partial charge is 0.243 e. The average molecular weight is 295 g/mol. The van der Waals surface area contributed by atoms with Gasteiger partial charge in [-0.25, -0.2) is 8.42 Å². The van der Waals surface area contributed by atoms with Gasteiger partial charge in [-0.1, -0.05) is 45.4 Å². The third-order valence-corrected chi connectivity index (χ3v) is 6.10. The van der Waals surface area contributed by atoms with Crippen LogP contribution in [0, 0.1) is 0 Å². The van der Waals surface area contributed by atoms with Crippen molar-refractivity contribution in [1.82, 2.24) is 4.31 Å². The standard InChI is InChI=1S/C16H25NO2S/c1-13-9-7-8-12-17(13)20(18,19)15-11-6-5-10-14(15)16(2,3)4/h5-6,10-11,13H,7-9,12H2,1-4H3. The Morgan fingerprint density at radius 2 is 1.80 bits per heavy atom. The molecule has 1 unspecified atom stereocenters. The summed E-state index contributed by atoms with van der Waals surface area (Å²) < 4.78 is 27.7. The van der Waals surface area contributed by atoms with Gasteiger partial charge in [0.15, 0.2) is 0 Å². The number of nitrogens with zero attached hydrogens (tertiary/aromatic N) is 1. The number of sulfonamides is 1. The fourth-order valence-electron chi connectivity index (χ4n) is 2.87. The van der Waals surface area contributed by atoms with Crippen molar-refractivity contribution in [3.8, 4) is 0 Å². The van der Waals surface area contributed by atoms with Gasteiger partial charge in [-0.15, -0.1) is 0 Å². The maximum absolute atomic E-state index is 13.0. The van der Waals surface area contributed by atoms with E-state index >= 15 is 0 Å². The van der Waals surface area contributed by atoms with Gasteiger partial charge in [0, 0.05) is 12.6 Å². The molecule has 0 aromatic heterocycles. The van der Waals surface area contributed by atoms with Gasteiger partial charge >= 0.3 is 0 Å². The number of hydrogen-bond donors (Lipinski definition) is 0. The average Bonchev–Trinajstić information content (AvgIpc) is 2.38. The second kappa shape index (κ2) is 5.49. The van der Waals surface area contributed by atoms with E-state index in [1.807, 2.05) is 25.1 Å². The first kappa shape index (κ1) is 15.5. The highest BCUT2D eigenvalue weighted by Gasteiger charge is 2.34. The molecular weight excluding hydrogens is 270 g/mol. The summed E-state index contributed by atoms with van der Waals surface area (Å²) in [5.74, 6) is 0. The molecule has 20 heavy (non-hydrogen) atoms. The van der Waals surface area contributed by atoms with Crippen LogP contribution in [-0.4, -0.2) is 25.3 Å². The van der Waals surface area contributed by atoms with Crippen molar-refractivity contribution < 1.29 is 8.42 Å². The van der Waals surface area contributed by atoms with E-state index in [0.29, 0.717) is 11.4 Å². The molecule has 1 heterocycles. The normalized spacial score (nSPS) is 21.9. The maximum Gasteiger partial charge on any atom is 0.243 e. The Morgan fingerprint density at radius 3 is 2.40 bits per heavy atom. The SMILES string of the molecule is CC1CCCCN1S(=O)(=O)c1ccccc1C(C)(C)C. The number of rotatable bonds is 2. The molecule has 0 spiro atoms. The first-order valence-corrected chi connectivity index (χ1v) is 8.80. The molecule has 1 aliphatic heterocycles. The number of hydrogen-bond acceptors (Lipinski definition) is 2. The van der Waals surface area contributed by atoms with Crippen molar-refractivity contribution in [1.29, 1.82) is 0 Å². The van der Waals surface area contributed by atoms with Crippen LogP contribution in [0.2, 0.25) is 0 Å². The smallest absolute Gasteiger partial charge is 0.207 e. The predicted molar refractivity (Wildman–Crippen MR) is 82.3 cm³/mol. The van der Waals surface area contributed by atoms with E-state index < -0.39 is 10.0 Å². The van der Waals surface area contributed by atoms with E-state index in [9.17, 15) is 8.42 Å². The van der Waals surface area contributed by atoms with Gasteiger partial charge in [-0.2, -0.15) is 4.31 Å². The lowest BCUT2D eigenvalue weighted by molar-refractivity contribution is 0.268. The van der Waals surface area contributed by atoms with E-state index in [1.54, 1.807) is 10.4 Å². The molecule has 0 amide bonds. The predicted octanol–water partition coefficient (Wildman–Crippen LogP) is 3.55. The van der Waals surface area contributed by atoms with E-state index in [1.165, 1.54) is 0 Å². The molecule has 0 aliphatic carbocycles. The van der Waals surface area contributed by atoms with Gasteiger partial charge in [0.25, 0.3) is 0 Å². The molecule has 1 aliphatic rings. The fraction of sp³-hybridized carbons (Fsp3) is 0.625. The number of benzene rings is 1. The maximum atomic E-state index is 13.0. The molecule has 1 atom stereocenters. The Labute approximate surface area is 123 Å². The lowest BCUT2D eigenvalue weighted by atomic mass is 9.87. The van der Waals surface area contributed by atoms with Gasteiger partial charge in [-0.05, 0) is 36.8 Å². The summed E-state index contributed by atoms with van der Waals surface area (Å²) in [4.78, 5) is 0.473. The van der Waals surface area contributed by atoms with Gasteiger partial charge in [-0.3, -0.25) is 0 Å². The third-order valence-electron chi connectivity index (χ3n) is 4.02. The zero-order chi connectivity index (χ0) is 15.0.